The van der Waals surface area contributed by atoms with Gasteiger partial charge < -0.3 is 10.1 Å². The first kappa shape index (κ1) is 11.2. The van der Waals surface area contributed by atoms with Crippen molar-refractivity contribution in [2.45, 2.75) is 52.0 Å². The summed E-state index contributed by atoms with van der Waals surface area (Å²) < 4.78 is 0. The monoisotopic (exact) mass is 197 g/mol. The molecule has 1 aliphatic rings. The molecular weight excluding hydrogens is 178 g/mol. The lowest BCUT2D eigenvalue weighted by Crippen LogP contribution is -2.45. The predicted molar refractivity (Wildman–Crippen MR) is 54.9 cm³/mol. The highest BCUT2D eigenvalue weighted by molar-refractivity contribution is 5.83. The van der Waals surface area contributed by atoms with Crippen LogP contribution < -0.4 is 5.32 Å². The van der Waals surface area contributed by atoms with Crippen molar-refractivity contribution in [3.63, 3.8) is 0 Å². The second kappa shape index (κ2) is 4.11. The smallest absolute Gasteiger partial charge is 0.220 e. The molecule has 0 radical (unpaired) electrons. The summed E-state index contributed by atoms with van der Waals surface area (Å²) in [6, 6.07) is 0. The van der Waals surface area contributed by atoms with Crippen LogP contribution in [-0.2, 0) is 9.59 Å². The molecule has 14 heavy (non-hydrogen) atoms. The van der Waals surface area contributed by atoms with E-state index >= 15 is 0 Å². The summed E-state index contributed by atoms with van der Waals surface area (Å²) in [5, 5.41) is 2.98. The molecule has 1 saturated carbocycles. The van der Waals surface area contributed by atoms with Gasteiger partial charge in [0.25, 0.3) is 0 Å². The van der Waals surface area contributed by atoms with Crippen LogP contribution in [0.4, 0.5) is 0 Å². The number of rotatable bonds is 5. The third-order valence-electron chi connectivity index (χ3n) is 2.76. The van der Waals surface area contributed by atoms with E-state index in [-0.39, 0.29) is 17.2 Å². The fraction of sp³-hybridized carbons (Fsp3) is 0.818. The molecule has 1 aliphatic carbocycles. The van der Waals surface area contributed by atoms with Crippen LogP contribution in [0.1, 0.15) is 46.5 Å². The zero-order valence-electron chi connectivity index (χ0n) is 9.22. The third kappa shape index (κ3) is 3.48. The molecule has 0 spiro atoms. The lowest BCUT2D eigenvalue weighted by Gasteiger charge is -2.26. The van der Waals surface area contributed by atoms with Gasteiger partial charge in [-0.15, -0.1) is 0 Å². The van der Waals surface area contributed by atoms with Gasteiger partial charge in [-0.3, -0.25) is 4.79 Å². The molecule has 1 amide bonds. The van der Waals surface area contributed by atoms with Crippen LogP contribution in [-0.4, -0.2) is 17.2 Å². The molecule has 3 nitrogen and oxygen atoms in total. The molecule has 0 aromatic heterocycles. The van der Waals surface area contributed by atoms with Gasteiger partial charge in [0.05, 0.1) is 0 Å². The number of amides is 1. The standard InChI is InChI=1S/C11H19NO2/c1-8(13)4-7-10(14)12-11(2,3)9-5-6-9/h9H,4-7H2,1-3H3,(H,12,14). The molecule has 1 rings (SSSR count). The Morgan fingerprint density at radius 1 is 1.29 bits per heavy atom. The van der Waals surface area contributed by atoms with Gasteiger partial charge in [0, 0.05) is 18.4 Å². The Hall–Kier alpha value is -0.860. The maximum Gasteiger partial charge on any atom is 0.220 e. The minimum absolute atomic E-state index is 0.00269. The van der Waals surface area contributed by atoms with Crippen LogP contribution in [0, 0.1) is 5.92 Å². The van der Waals surface area contributed by atoms with Crippen molar-refractivity contribution in [3.05, 3.63) is 0 Å². The van der Waals surface area contributed by atoms with E-state index in [0.29, 0.717) is 18.8 Å². The number of hydrogen-bond donors (Lipinski definition) is 1. The van der Waals surface area contributed by atoms with Gasteiger partial charge in [-0.05, 0) is 39.5 Å². The van der Waals surface area contributed by atoms with Crippen molar-refractivity contribution in [2.24, 2.45) is 5.92 Å². The van der Waals surface area contributed by atoms with E-state index in [4.69, 9.17) is 0 Å². The molecule has 0 atom stereocenters. The topological polar surface area (TPSA) is 46.2 Å². The van der Waals surface area contributed by atoms with E-state index in [1.165, 1.54) is 19.8 Å². The molecule has 1 N–H and O–H groups in total. The Morgan fingerprint density at radius 2 is 1.86 bits per heavy atom. The third-order valence-corrected chi connectivity index (χ3v) is 2.76. The first-order valence-electron chi connectivity index (χ1n) is 5.22. The highest BCUT2D eigenvalue weighted by atomic mass is 16.2. The Balaban J connectivity index is 2.28. The maximum atomic E-state index is 11.4. The van der Waals surface area contributed by atoms with Gasteiger partial charge in [0.1, 0.15) is 5.78 Å². The molecular formula is C11H19NO2. The normalized spacial score (nSPS) is 16.5. The molecule has 1 fully saturated rings. The minimum atomic E-state index is -0.0894. The van der Waals surface area contributed by atoms with Crippen molar-refractivity contribution in [3.8, 4) is 0 Å². The Labute approximate surface area is 85.3 Å². The molecule has 0 saturated heterocycles. The predicted octanol–water partition coefficient (Wildman–Crippen LogP) is 1.66. The second-order valence-corrected chi connectivity index (χ2v) is 4.75. The fourth-order valence-corrected chi connectivity index (χ4v) is 1.62. The van der Waals surface area contributed by atoms with Crippen LogP contribution in [0.25, 0.3) is 0 Å². The van der Waals surface area contributed by atoms with Gasteiger partial charge in [0.2, 0.25) is 5.91 Å². The first-order chi connectivity index (χ1) is 6.42. The van der Waals surface area contributed by atoms with Crippen molar-refractivity contribution in [1.29, 1.82) is 0 Å². The van der Waals surface area contributed by atoms with Crippen LogP contribution in [0.2, 0.25) is 0 Å². The van der Waals surface area contributed by atoms with E-state index in [9.17, 15) is 9.59 Å². The summed E-state index contributed by atoms with van der Waals surface area (Å²) in [5.41, 5.74) is -0.0894. The number of nitrogens with one attached hydrogen (secondary N) is 1. The molecule has 0 bridgehead atoms. The van der Waals surface area contributed by atoms with Gasteiger partial charge in [-0.2, -0.15) is 0 Å². The molecule has 0 aromatic carbocycles. The molecule has 0 unspecified atom stereocenters. The summed E-state index contributed by atoms with van der Waals surface area (Å²) in [4.78, 5) is 22.1. The van der Waals surface area contributed by atoms with Crippen LogP contribution in [0.3, 0.4) is 0 Å². The van der Waals surface area contributed by atoms with E-state index in [1.807, 2.05) is 0 Å². The highest BCUT2D eigenvalue weighted by Gasteiger charge is 2.38. The van der Waals surface area contributed by atoms with Gasteiger partial charge >= 0.3 is 0 Å². The Bertz CT molecular complexity index is 242. The lowest BCUT2D eigenvalue weighted by atomic mass is 9.98. The van der Waals surface area contributed by atoms with Crippen molar-refractivity contribution >= 4 is 11.7 Å². The van der Waals surface area contributed by atoms with Crippen molar-refractivity contribution < 1.29 is 9.59 Å². The minimum Gasteiger partial charge on any atom is -0.351 e. The van der Waals surface area contributed by atoms with E-state index in [0.717, 1.165) is 0 Å². The average Bonchev–Trinajstić information content (AvgIpc) is 2.81. The molecule has 0 aromatic rings. The van der Waals surface area contributed by atoms with Crippen LogP contribution in [0.5, 0.6) is 0 Å². The fourth-order valence-electron chi connectivity index (χ4n) is 1.62. The number of Topliss-reactive ketones (excluding diaryl/α,β-unsaturated/α-hetero) is 1. The van der Waals surface area contributed by atoms with E-state index in [2.05, 4.69) is 19.2 Å². The Morgan fingerprint density at radius 3 is 2.29 bits per heavy atom. The number of ketones is 1. The van der Waals surface area contributed by atoms with Gasteiger partial charge in [-0.25, -0.2) is 0 Å². The van der Waals surface area contributed by atoms with Crippen LogP contribution >= 0.6 is 0 Å². The van der Waals surface area contributed by atoms with Crippen molar-refractivity contribution in [1.82, 2.24) is 5.32 Å². The summed E-state index contributed by atoms with van der Waals surface area (Å²) in [5.74, 6) is 0.699. The average molecular weight is 197 g/mol. The van der Waals surface area contributed by atoms with E-state index in [1.54, 1.807) is 0 Å². The zero-order valence-corrected chi connectivity index (χ0v) is 9.22. The van der Waals surface area contributed by atoms with Crippen molar-refractivity contribution in [2.75, 3.05) is 0 Å². The van der Waals surface area contributed by atoms with E-state index < -0.39 is 0 Å². The molecule has 3 heteroatoms. The summed E-state index contributed by atoms with van der Waals surface area (Å²) >= 11 is 0. The zero-order chi connectivity index (χ0) is 10.8. The quantitative estimate of drug-likeness (QED) is 0.728. The lowest BCUT2D eigenvalue weighted by molar-refractivity contribution is -0.126. The maximum absolute atomic E-state index is 11.4. The first-order valence-corrected chi connectivity index (χ1v) is 5.22. The number of carbonyl (C=O) groups excluding carboxylic acids is 2. The summed E-state index contributed by atoms with van der Waals surface area (Å²) in [6.45, 7) is 5.62. The molecule has 0 heterocycles. The summed E-state index contributed by atoms with van der Waals surface area (Å²) in [7, 11) is 0. The highest BCUT2D eigenvalue weighted by Crippen LogP contribution is 2.39. The second-order valence-electron chi connectivity index (χ2n) is 4.75. The molecule has 80 valence electrons. The summed E-state index contributed by atoms with van der Waals surface area (Å²) in [6.07, 6.45) is 3.10. The van der Waals surface area contributed by atoms with Crippen LogP contribution in [0.15, 0.2) is 0 Å². The number of hydrogen-bond acceptors (Lipinski definition) is 2. The SMILES string of the molecule is CC(=O)CCC(=O)NC(C)(C)C1CC1. The van der Waals surface area contributed by atoms with Gasteiger partial charge in [-0.1, -0.05) is 0 Å². The Kier molecular flexibility index (Phi) is 3.29. The largest absolute Gasteiger partial charge is 0.351 e. The molecule has 0 aliphatic heterocycles. The number of carbonyl (C=O) groups is 2. The van der Waals surface area contributed by atoms with Gasteiger partial charge in [0.15, 0.2) is 0 Å².